The van der Waals surface area contributed by atoms with Crippen molar-refractivity contribution in [3.63, 3.8) is 0 Å². The number of hydrogen-bond acceptors (Lipinski definition) is 6. The number of halogens is 3. The van der Waals surface area contributed by atoms with Gasteiger partial charge in [0, 0.05) is 25.5 Å². The molecule has 3 aromatic rings. The van der Waals surface area contributed by atoms with Crippen LogP contribution in [-0.2, 0) is 16.6 Å². The van der Waals surface area contributed by atoms with Gasteiger partial charge in [-0.15, -0.1) is 13.2 Å². The number of alkyl halides is 3. The first-order valence-corrected chi connectivity index (χ1v) is 12.9. The van der Waals surface area contributed by atoms with E-state index in [1.807, 2.05) is 11.9 Å². The van der Waals surface area contributed by atoms with Crippen LogP contribution in [0.4, 0.5) is 19.1 Å². The largest absolute Gasteiger partial charge is 0.573 e. The number of ether oxygens (including phenoxy) is 1. The van der Waals surface area contributed by atoms with E-state index in [9.17, 15) is 18.0 Å². The Morgan fingerprint density at radius 1 is 0.974 bits per heavy atom. The molecule has 2 unspecified atom stereocenters. The Bertz CT molecular complexity index is 1230. The summed E-state index contributed by atoms with van der Waals surface area (Å²) in [6.45, 7) is 7.41. The molecule has 0 aliphatic carbocycles. The summed E-state index contributed by atoms with van der Waals surface area (Å²) in [7, 11) is 1.95. The molecule has 2 heterocycles. The fourth-order valence-corrected chi connectivity index (χ4v) is 4.82. The van der Waals surface area contributed by atoms with Gasteiger partial charge in [0.05, 0.1) is 6.04 Å². The van der Waals surface area contributed by atoms with E-state index in [2.05, 4.69) is 70.0 Å². The first kappa shape index (κ1) is 28.4. The van der Waals surface area contributed by atoms with E-state index in [1.165, 1.54) is 17.7 Å². The minimum absolute atomic E-state index is 0.00528. The Morgan fingerprint density at radius 3 is 2.21 bits per heavy atom. The average molecular weight is 542 g/mol. The molecule has 1 saturated heterocycles. The van der Waals surface area contributed by atoms with Crippen LogP contribution in [0.25, 0.3) is 0 Å². The first-order chi connectivity index (χ1) is 18.4. The van der Waals surface area contributed by atoms with Gasteiger partial charge in [-0.3, -0.25) is 9.69 Å². The minimum Gasteiger partial charge on any atom is -0.406 e. The smallest absolute Gasteiger partial charge is 0.406 e. The van der Waals surface area contributed by atoms with E-state index in [-0.39, 0.29) is 29.3 Å². The molecule has 208 valence electrons. The van der Waals surface area contributed by atoms with Crippen molar-refractivity contribution in [1.29, 1.82) is 0 Å². The number of aromatic nitrogens is 2. The third kappa shape index (κ3) is 7.26. The van der Waals surface area contributed by atoms with Crippen LogP contribution in [0.3, 0.4) is 0 Å². The third-order valence-corrected chi connectivity index (χ3v) is 6.88. The number of nitrogens with one attached hydrogen (secondary N) is 1. The number of benzene rings is 2. The number of hydrogen-bond donors (Lipinski definition) is 1. The Hall–Kier alpha value is -3.66. The van der Waals surface area contributed by atoms with Gasteiger partial charge in [-0.25, -0.2) is 9.97 Å². The van der Waals surface area contributed by atoms with Crippen LogP contribution in [0.15, 0.2) is 67.0 Å². The van der Waals surface area contributed by atoms with Crippen molar-refractivity contribution in [3.05, 3.63) is 83.7 Å². The van der Waals surface area contributed by atoms with Crippen molar-refractivity contribution >= 4 is 11.9 Å². The lowest BCUT2D eigenvalue weighted by atomic mass is 9.86. The lowest BCUT2D eigenvalue weighted by Crippen LogP contribution is -2.33. The van der Waals surface area contributed by atoms with E-state index in [0.29, 0.717) is 31.9 Å². The summed E-state index contributed by atoms with van der Waals surface area (Å²) in [6, 6.07) is 15.5. The van der Waals surface area contributed by atoms with E-state index in [0.717, 1.165) is 11.1 Å². The van der Waals surface area contributed by atoms with Crippen molar-refractivity contribution in [3.8, 4) is 5.75 Å². The Kier molecular flexibility index (Phi) is 8.44. The number of carbonyl (C=O) groups is 1. The minimum atomic E-state index is -4.74. The Balaban J connectivity index is 1.51. The summed E-state index contributed by atoms with van der Waals surface area (Å²) in [5, 5.41) is 3.17. The van der Waals surface area contributed by atoms with Gasteiger partial charge in [-0.05, 0) is 60.2 Å². The molecule has 0 bridgehead atoms. The molecular formula is C29H34F3N5O2. The number of anilines is 1. The second kappa shape index (κ2) is 11.6. The molecule has 0 saturated carbocycles. The predicted molar refractivity (Wildman–Crippen MR) is 143 cm³/mol. The maximum atomic E-state index is 13.7. The summed E-state index contributed by atoms with van der Waals surface area (Å²) in [5.74, 6) is 0.250. The summed E-state index contributed by atoms with van der Waals surface area (Å²) >= 11 is 0. The lowest BCUT2D eigenvalue weighted by Gasteiger charge is -2.30. The predicted octanol–water partition coefficient (Wildman–Crippen LogP) is 5.56. The van der Waals surface area contributed by atoms with Gasteiger partial charge in [0.25, 0.3) is 0 Å². The van der Waals surface area contributed by atoms with Gasteiger partial charge < -0.3 is 15.0 Å². The van der Waals surface area contributed by atoms with Gasteiger partial charge >= 0.3 is 6.36 Å². The number of nitrogens with zero attached hydrogens (tertiary/aromatic N) is 4. The summed E-state index contributed by atoms with van der Waals surface area (Å²) in [4.78, 5) is 26.0. The molecule has 2 aromatic carbocycles. The first-order valence-electron chi connectivity index (χ1n) is 12.9. The van der Waals surface area contributed by atoms with Crippen LogP contribution in [0.5, 0.6) is 5.75 Å². The molecule has 4 rings (SSSR count). The Labute approximate surface area is 227 Å². The van der Waals surface area contributed by atoms with Crippen LogP contribution >= 0.6 is 0 Å². The highest BCUT2D eigenvalue weighted by molar-refractivity contribution is 5.84. The van der Waals surface area contributed by atoms with E-state index < -0.39 is 6.36 Å². The van der Waals surface area contributed by atoms with Gasteiger partial charge in [0.2, 0.25) is 11.9 Å². The normalized spacial score (nSPS) is 18.4. The molecule has 2 atom stereocenters. The zero-order valence-electron chi connectivity index (χ0n) is 22.6. The maximum absolute atomic E-state index is 13.7. The second-order valence-corrected chi connectivity index (χ2v) is 10.7. The molecule has 0 spiro atoms. The summed E-state index contributed by atoms with van der Waals surface area (Å²) in [5.41, 5.74) is 3.03. The highest BCUT2D eigenvalue weighted by Gasteiger charge is 2.44. The fraction of sp³-hybridized carbons (Fsp3) is 0.414. The molecule has 39 heavy (non-hydrogen) atoms. The van der Waals surface area contributed by atoms with Crippen LogP contribution in [0.1, 0.15) is 50.0 Å². The van der Waals surface area contributed by atoms with Crippen molar-refractivity contribution in [1.82, 2.24) is 19.8 Å². The molecular weight excluding hydrogens is 507 g/mol. The second-order valence-electron chi connectivity index (χ2n) is 10.7. The van der Waals surface area contributed by atoms with Gasteiger partial charge in [0.1, 0.15) is 11.9 Å². The monoisotopic (exact) mass is 541 g/mol. The summed E-state index contributed by atoms with van der Waals surface area (Å²) in [6.07, 6.45) is -0.640. The number of carbonyl (C=O) groups excluding carboxylic acids is 1. The zero-order chi connectivity index (χ0) is 28.2. The van der Waals surface area contributed by atoms with Crippen molar-refractivity contribution < 1.29 is 22.7 Å². The van der Waals surface area contributed by atoms with Gasteiger partial charge in [-0.2, -0.15) is 0 Å². The molecule has 7 nitrogen and oxygen atoms in total. The highest BCUT2D eigenvalue weighted by Crippen LogP contribution is 2.36. The molecule has 1 N–H and O–H groups in total. The standard InChI is InChI=1S/C29H34F3N5O2/c1-28(2,3)22-10-8-21(9-11-22)25-36(4)24(14-18-35-27-33-16-5-17-34-27)26(38)37(25)19-15-20-6-12-23(13-7-20)39-29(30,31)32/h5-13,16-17,24-25H,14-15,18-19H2,1-4H3,(H,33,34,35). The number of amides is 1. The molecule has 10 heteroatoms. The topological polar surface area (TPSA) is 70.6 Å². The van der Waals surface area contributed by atoms with Crippen molar-refractivity contribution in [2.24, 2.45) is 0 Å². The van der Waals surface area contributed by atoms with Crippen molar-refractivity contribution in [2.45, 2.75) is 57.6 Å². The summed E-state index contributed by atoms with van der Waals surface area (Å²) < 4.78 is 41.5. The molecule has 1 amide bonds. The third-order valence-electron chi connectivity index (χ3n) is 6.88. The van der Waals surface area contributed by atoms with Crippen LogP contribution in [-0.4, -0.2) is 58.2 Å². The fourth-order valence-electron chi connectivity index (χ4n) is 4.82. The van der Waals surface area contributed by atoms with Gasteiger partial charge in [0.15, 0.2) is 0 Å². The number of rotatable bonds is 9. The van der Waals surface area contributed by atoms with E-state index in [4.69, 9.17) is 0 Å². The number of likely N-dealkylation sites (N-methyl/N-ethyl adjacent to an activating group) is 1. The molecule has 1 aliphatic heterocycles. The molecule has 1 aliphatic rings. The zero-order valence-corrected chi connectivity index (χ0v) is 22.6. The van der Waals surface area contributed by atoms with Crippen LogP contribution in [0.2, 0.25) is 0 Å². The average Bonchev–Trinajstić information content (AvgIpc) is 3.12. The molecule has 0 radical (unpaired) electrons. The van der Waals surface area contributed by atoms with E-state index in [1.54, 1.807) is 30.6 Å². The lowest BCUT2D eigenvalue weighted by molar-refractivity contribution is -0.274. The Morgan fingerprint density at radius 2 is 1.62 bits per heavy atom. The SMILES string of the molecule is CN1C(CCNc2ncccn2)C(=O)N(CCc2ccc(OC(F)(F)F)cc2)C1c1ccc(C(C)(C)C)cc1. The van der Waals surface area contributed by atoms with Gasteiger partial charge in [-0.1, -0.05) is 57.2 Å². The molecule has 1 fully saturated rings. The highest BCUT2D eigenvalue weighted by atomic mass is 19.4. The van der Waals surface area contributed by atoms with Crippen molar-refractivity contribution in [2.75, 3.05) is 25.5 Å². The van der Waals surface area contributed by atoms with Crippen LogP contribution in [0, 0.1) is 0 Å². The van der Waals surface area contributed by atoms with E-state index >= 15 is 0 Å². The van der Waals surface area contributed by atoms with Crippen LogP contribution < -0.4 is 10.1 Å². The quantitative estimate of drug-likeness (QED) is 0.383. The maximum Gasteiger partial charge on any atom is 0.573 e. The molecule has 1 aromatic heterocycles.